The molecule has 1 atom stereocenters. The molecule has 0 saturated heterocycles. The number of hydrogen-bond donors (Lipinski definition) is 2. The molecule has 3 heteroatoms. The van der Waals surface area contributed by atoms with Crippen molar-refractivity contribution in [2.45, 2.75) is 18.8 Å². The van der Waals surface area contributed by atoms with Gasteiger partial charge in [-0.3, -0.25) is 4.79 Å². The van der Waals surface area contributed by atoms with Crippen LogP contribution in [-0.2, 0) is 11.2 Å². The van der Waals surface area contributed by atoms with Gasteiger partial charge in [0.15, 0.2) is 0 Å². The van der Waals surface area contributed by atoms with Crippen LogP contribution in [0, 0.1) is 0 Å². The molecule has 0 bridgehead atoms. The van der Waals surface area contributed by atoms with Crippen molar-refractivity contribution in [1.29, 1.82) is 0 Å². The highest BCUT2D eigenvalue weighted by Crippen LogP contribution is 2.30. The Morgan fingerprint density at radius 3 is 2.71 bits per heavy atom. The van der Waals surface area contributed by atoms with Gasteiger partial charge < -0.3 is 10.6 Å². The molecule has 0 fully saturated rings. The van der Waals surface area contributed by atoms with Gasteiger partial charge in [0.1, 0.15) is 0 Å². The van der Waals surface area contributed by atoms with Gasteiger partial charge in [-0.1, -0.05) is 48.5 Å². The Labute approximate surface area is 125 Å². The lowest BCUT2D eigenvalue weighted by Crippen LogP contribution is -2.31. The lowest BCUT2D eigenvalue weighted by atomic mass is 10.0. The number of hydrogen-bond acceptors (Lipinski definition) is 2. The quantitative estimate of drug-likeness (QED) is 0.827. The van der Waals surface area contributed by atoms with Crippen molar-refractivity contribution in [3.63, 3.8) is 0 Å². The summed E-state index contributed by atoms with van der Waals surface area (Å²) in [6.07, 6.45) is 1.97. The summed E-state index contributed by atoms with van der Waals surface area (Å²) in [4.78, 5) is 12.3. The Kier molecular flexibility index (Phi) is 4.20. The first-order valence-electron chi connectivity index (χ1n) is 7.49. The van der Waals surface area contributed by atoms with Crippen molar-refractivity contribution >= 4 is 11.6 Å². The van der Waals surface area contributed by atoms with Crippen molar-refractivity contribution in [1.82, 2.24) is 5.32 Å². The molecule has 1 aliphatic rings. The smallest absolute Gasteiger partial charge is 0.229 e. The summed E-state index contributed by atoms with van der Waals surface area (Å²) in [5, 5.41) is 6.34. The molecule has 2 N–H and O–H groups in total. The Hall–Kier alpha value is -2.29. The van der Waals surface area contributed by atoms with Gasteiger partial charge in [0.05, 0.1) is 5.92 Å². The third-order valence-electron chi connectivity index (χ3n) is 3.93. The average molecular weight is 280 g/mol. The van der Waals surface area contributed by atoms with Crippen molar-refractivity contribution in [2.75, 3.05) is 18.4 Å². The van der Waals surface area contributed by atoms with E-state index in [1.165, 1.54) is 5.56 Å². The Morgan fingerprint density at radius 1 is 1.10 bits per heavy atom. The first-order valence-corrected chi connectivity index (χ1v) is 7.49. The van der Waals surface area contributed by atoms with E-state index in [0.717, 1.165) is 30.6 Å². The van der Waals surface area contributed by atoms with E-state index in [1.54, 1.807) is 0 Å². The number of carbonyl (C=O) groups is 1. The Morgan fingerprint density at radius 2 is 1.86 bits per heavy atom. The van der Waals surface area contributed by atoms with Crippen LogP contribution in [0.4, 0.5) is 5.69 Å². The molecular weight excluding hydrogens is 260 g/mol. The van der Waals surface area contributed by atoms with Gasteiger partial charge in [0.25, 0.3) is 0 Å². The number of amides is 1. The summed E-state index contributed by atoms with van der Waals surface area (Å²) < 4.78 is 0. The monoisotopic (exact) mass is 280 g/mol. The maximum Gasteiger partial charge on any atom is 0.229 e. The van der Waals surface area contributed by atoms with E-state index in [4.69, 9.17) is 0 Å². The van der Waals surface area contributed by atoms with Gasteiger partial charge >= 0.3 is 0 Å². The highest BCUT2D eigenvalue weighted by molar-refractivity contribution is 5.88. The molecule has 2 aromatic carbocycles. The van der Waals surface area contributed by atoms with Crippen LogP contribution < -0.4 is 10.6 Å². The Balaban J connectivity index is 1.47. The zero-order valence-corrected chi connectivity index (χ0v) is 12.0. The topological polar surface area (TPSA) is 41.1 Å². The van der Waals surface area contributed by atoms with E-state index in [-0.39, 0.29) is 11.8 Å². The molecule has 0 spiro atoms. The number of nitrogens with one attached hydrogen (secondary N) is 2. The normalized spacial score (nSPS) is 16.1. The second-order valence-electron chi connectivity index (χ2n) is 5.40. The zero-order valence-electron chi connectivity index (χ0n) is 12.0. The van der Waals surface area contributed by atoms with Crippen molar-refractivity contribution in [2.24, 2.45) is 0 Å². The van der Waals surface area contributed by atoms with Gasteiger partial charge in [-0.05, 0) is 30.0 Å². The maximum absolute atomic E-state index is 12.3. The molecule has 108 valence electrons. The molecule has 0 saturated carbocycles. The summed E-state index contributed by atoms with van der Waals surface area (Å²) in [6.45, 7) is 1.43. The first kappa shape index (κ1) is 13.7. The standard InChI is InChI=1S/C18H20N2O/c21-18(16-13-20-17-11-5-4-10-15(16)17)19-12-6-9-14-7-2-1-3-8-14/h1-5,7-8,10-11,16,20H,6,9,12-13H2,(H,19,21). The van der Waals surface area contributed by atoms with Crippen LogP contribution in [-0.4, -0.2) is 19.0 Å². The van der Waals surface area contributed by atoms with Crippen molar-refractivity contribution in [3.05, 3.63) is 65.7 Å². The van der Waals surface area contributed by atoms with Crippen molar-refractivity contribution in [3.8, 4) is 0 Å². The number of rotatable bonds is 5. The van der Waals surface area contributed by atoms with E-state index in [9.17, 15) is 4.79 Å². The Bertz CT molecular complexity index is 610. The van der Waals surface area contributed by atoms with Crippen LogP contribution in [0.3, 0.4) is 0 Å². The summed E-state index contributed by atoms with van der Waals surface area (Å²) in [7, 11) is 0. The zero-order chi connectivity index (χ0) is 14.5. The summed E-state index contributed by atoms with van der Waals surface area (Å²) in [5.74, 6) is 0.0680. The SMILES string of the molecule is O=C(NCCCc1ccccc1)C1CNc2ccccc21. The van der Waals surface area contributed by atoms with Gasteiger partial charge in [-0.25, -0.2) is 0 Å². The second-order valence-corrected chi connectivity index (χ2v) is 5.40. The van der Waals surface area contributed by atoms with E-state index < -0.39 is 0 Å². The highest BCUT2D eigenvalue weighted by Gasteiger charge is 2.27. The molecule has 21 heavy (non-hydrogen) atoms. The number of carbonyl (C=O) groups excluding carboxylic acids is 1. The minimum Gasteiger partial charge on any atom is -0.384 e. The van der Waals surface area contributed by atoms with Crippen LogP contribution in [0.1, 0.15) is 23.5 Å². The molecule has 0 radical (unpaired) electrons. The van der Waals surface area contributed by atoms with Crippen LogP contribution in [0.5, 0.6) is 0 Å². The van der Waals surface area contributed by atoms with E-state index in [1.807, 2.05) is 30.3 Å². The van der Waals surface area contributed by atoms with Gasteiger partial charge in [-0.15, -0.1) is 0 Å². The van der Waals surface area contributed by atoms with Crippen LogP contribution >= 0.6 is 0 Å². The molecular formula is C18H20N2O. The predicted molar refractivity (Wildman–Crippen MR) is 85.4 cm³/mol. The lowest BCUT2D eigenvalue weighted by Gasteiger charge is -2.11. The minimum absolute atomic E-state index is 0.0575. The summed E-state index contributed by atoms with van der Waals surface area (Å²) in [5.41, 5.74) is 3.51. The minimum atomic E-state index is -0.0575. The summed E-state index contributed by atoms with van der Waals surface area (Å²) in [6, 6.07) is 18.4. The second kappa shape index (κ2) is 6.44. The number of aryl methyl sites for hydroxylation is 1. The van der Waals surface area contributed by atoms with Crippen molar-refractivity contribution < 1.29 is 4.79 Å². The molecule has 1 aliphatic heterocycles. The fourth-order valence-electron chi connectivity index (χ4n) is 2.79. The van der Waals surface area contributed by atoms with E-state index in [0.29, 0.717) is 6.54 Å². The lowest BCUT2D eigenvalue weighted by molar-refractivity contribution is -0.122. The third-order valence-corrected chi connectivity index (χ3v) is 3.93. The van der Waals surface area contributed by atoms with E-state index in [2.05, 4.69) is 34.9 Å². The largest absolute Gasteiger partial charge is 0.384 e. The van der Waals surface area contributed by atoms with Gasteiger partial charge in [-0.2, -0.15) is 0 Å². The molecule has 0 aliphatic carbocycles. The van der Waals surface area contributed by atoms with Crippen LogP contribution in [0.15, 0.2) is 54.6 Å². The molecule has 1 unspecified atom stereocenters. The number of para-hydroxylation sites is 1. The first-order chi connectivity index (χ1) is 10.3. The summed E-state index contributed by atoms with van der Waals surface area (Å²) >= 11 is 0. The fraction of sp³-hybridized carbons (Fsp3) is 0.278. The van der Waals surface area contributed by atoms with Gasteiger partial charge in [0.2, 0.25) is 5.91 Å². The number of benzene rings is 2. The molecule has 2 aromatic rings. The molecule has 0 aromatic heterocycles. The van der Waals surface area contributed by atoms with Gasteiger partial charge in [0, 0.05) is 18.8 Å². The number of anilines is 1. The van der Waals surface area contributed by atoms with E-state index >= 15 is 0 Å². The predicted octanol–water partition coefficient (Wildman–Crippen LogP) is 2.94. The van der Waals surface area contributed by atoms with Crippen LogP contribution in [0.2, 0.25) is 0 Å². The number of fused-ring (bicyclic) bond motifs is 1. The highest BCUT2D eigenvalue weighted by atomic mass is 16.1. The fourth-order valence-corrected chi connectivity index (χ4v) is 2.79. The molecule has 3 rings (SSSR count). The molecule has 1 amide bonds. The molecule has 3 nitrogen and oxygen atoms in total. The van der Waals surface area contributed by atoms with Crippen LogP contribution in [0.25, 0.3) is 0 Å². The maximum atomic E-state index is 12.3. The third kappa shape index (κ3) is 3.24. The average Bonchev–Trinajstić information content (AvgIpc) is 2.96. The molecule has 1 heterocycles.